The number of aromatic nitrogens is 2. The Morgan fingerprint density at radius 2 is 1.93 bits per heavy atom. The van der Waals surface area contributed by atoms with Crippen molar-refractivity contribution in [1.29, 1.82) is 0 Å². The largest absolute Gasteiger partial charge is 0.444 e. The molecule has 0 bridgehead atoms. The molecule has 7 nitrogen and oxygen atoms in total. The maximum absolute atomic E-state index is 13.3. The van der Waals surface area contributed by atoms with Gasteiger partial charge < -0.3 is 10.2 Å². The van der Waals surface area contributed by atoms with Crippen LogP contribution in [0.15, 0.2) is 58.7 Å². The predicted molar refractivity (Wildman–Crippen MR) is 101 cm³/mol. The Kier molecular flexibility index (Phi) is 4.54. The van der Waals surface area contributed by atoms with E-state index in [1.807, 2.05) is 0 Å². The van der Waals surface area contributed by atoms with Crippen LogP contribution >= 0.6 is 11.6 Å². The Balaban J connectivity index is 1.99. The molecule has 2 N–H and O–H groups in total. The van der Waals surface area contributed by atoms with Gasteiger partial charge in [-0.3, -0.25) is 14.7 Å². The summed E-state index contributed by atoms with van der Waals surface area (Å²) in [6, 6.07) is 5.99. The lowest BCUT2D eigenvalue weighted by Crippen LogP contribution is -2.41. The van der Waals surface area contributed by atoms with Crippen LogP contribution < -0.4 is 5.73 Å². The molecule has 3 aromatic rings. The third kappa shape index (κ3) is 3.03. The van der Waals surface area contributed by atoms with Gasteiger partial charge in [0.05, 0.1) is 6.20 Å². The molecule has 1 aromatic carbocycles. The SMILES string of the molecule is CN1C(=O)C(c2cc(Cl)cc(-c3cnco3)c2)(c2cncc(C(F)F)c2)N=C1N. The fourth-order valence-corrected chi connectivity index (χ4v) is 3.49. The zero-order valence-corrected chi connectivity index (χ0v) is 15.8. The second-order valence-electron chi connectivity index (χ2n) is 6.45. The van der Waals surface area contributed by atoms with Crippen molar-refractivity contribution in [1.82, 2.24) is 14.9 Å². The van der Waals surface area contributed by atoms with E-state index < -0.39 is 17.9 Å². The molecule has 4 rings (SSSR count). The summed E-state index contributed by atoms with van der Waals surface area (Å²) in [4.78, 5) is 26.5. The van der Waals surface area contributed by atoms with E-state index in [0.29, 0.717) is 21.9 Å². The molecule has 0 saturated carbocycles. The van der Waals surface area contributed by atoms with E-state index in [1.54, 1.807) is 12.1 Å². The van der Waals surface area contributed by atoms with Gasteiger partial charge in [-0.1, -0.05) is 11.6 Å². The molecule has 0 aliphatic carbocycles. The van der Waals surface area contributed by atoms with Gasteiger partial charge >= 0.3 is 0 Å². The quantitative estimate of drug-likeness (QED) is 0.702. The molecule has 0 radical (unpaired) electrons. The summed E-state index contributed by atoms with van der Waals surface area (Å²) >= 11 is 6.29. The van der Waals surface area contributed by atoms with Crippen molar-refractivity contribution in [3.05, 3.63) is 71.0 Å². The van der Waals surface area contributed by atoms with Crippen molar-refractivity contribution in [2.24, 2.45) is 10.7 Å². The predicted octanol–water partition coefficient (Wildman–Crippen LogP) is 3.36. The number of pyridine rings is 1. The van der Waals surface area contributed by atoms with Gasteiger partial charge in [-0.05, 0) is 29.8 Å². The van der Waals surface area contributed by atoms with E-state index in [0.717, 1.165) is 11.1 Å². The van der Waals surface area contributed by atoms with Gasteiger partial charge in [-0.2, -0.15) is 0 Å². The summed E-state index contributed by atoms with van der Waals surface area (Å²) in [5.41, 5.74) is 4.89. The number of carbonyl (C=O) groups excluding carboxylic acids is 1. The van der Waals surface area contributed by atoms with E-state index in [4.69, 9.17) is 21.8 Å². The molecule has 10 heteroatoms. The smallest absolute Gasteiger partial charge is 0.266 e. The minimum atomic E-state index is -2.76. The van der Waals surface area contributed by atoms with Crippen molar-refractivity contribution in [3.63, 3.8) is 0 Å². The third-order valence-corrected chi connectivity index (χ3v) is 4.92. The van der Waals surface area contributed by atoms with Gasteiger partial charge in [0.2, 0.25) is 0 Å². The Morgan fingerprint density at radius 3 is 2.55 bits per heavy atom. The van der Waals surface area contributed by atoms with Gasteiger partial charge in [-0.25, -0.2) is 18.8 Å². The van der Waals surface area contributed by atoms with Crippen LogP contribution in [0.25, 0.3) is 11.3 Å². The summed E-state index contributed by atoms with van der Waals surface area (Å²) in [6.45, 7) is 0. The van der Waals surface area contributed by atoms with Crippen LogP contribution in [0.1, 0.15) is 23.1 Å². The number of hydrogen-bond donors (Lipinski definition) is 1. The zero-order valence-electron chi connectivity index (χ0n) is 15.0. The molecule has 1 aliphatic rings. The highest BCUT2D eigenvalue weighted by molar-refractivity contribution is 6.31. The first kappa shape index (κ1) is 19.0. The van der Waals surface area contributed by atoms with Crippen molar-refractivity contribution >= 4 is 23.5 Å². The molecule has 148 valence electrons. The van der Waals surface area contributed by atoms with Gasteiger partial charge in [0.1, 0.15) is 0 Å². The summed E-state index contributed by atoms with van der Waals surface area (Å²) in [6.07, 6.45) is 2.33. The average Bonchev–Trinajstić information content (AvgIpc) is 3.32. The third-order valence-electron chi connectivity index (χ3n) is 4.70. The number of guanidine groups is 1. The maximum atomic E-state index is 13.3. The molecule has 1 aliphatic heterocycles. The van der Waals surface area contributed by atoms with Crippen LogP contribution in [0, 0.1) is 0 Å². The fraction of sp³-hybridized carbons (Fsp3) is 0.158. The van der Waals surface area contributed by atoms with Gasteiger partial charge in [0, 0.05) is 41.2 Å². The lowest BCUT2D eigenvalue weighted by Gasteiger charge is -2.26. The Bertz CT molecular complexity index is 1120. The molecule has 1 amide bonds. The standard InChI is InChI=1S/C19H14ClF2N5O2/c1-27-17(28)19(26-18(27)23,13-3-11(16(21)22)6-24-7-13)12-2-10(4-14(20)5-12)15-8-25-9-29-15/h2-9,16H,1H3,(H2,23,26). The number of oxazole rings is 1. The van der Waals surface area contributed by atoms with Crippen LogP contribution in [0.4, 0.5) is 8.78 Å². The number of carbonyl (C=O) groups is 1. The molecule has 1 unspecified atom stereocenters. The highest BCUT2D eigenvalue weighted by Crippen LogP contribution is 2.42. The number of nitrogens with two attached hydrogens (primary N) is 1. The topological polar surface area (TPSA) is 97.6 Å². The normalized spacial score (nSPS) is 19.1. The highest BCUT2D eigenvalue weighted by atomic mass is 35.5. The van der Waals surface area contributed by atoms with Crippen molar-refractivity contribution in [2.45, 2.75) is 12.0 Å². The van der Waals surface area contributed by atoms with Gasteiger partial charge in [0.15, 0.2) is 23.7 Å². The number of amides is 1. The minimum absolute atomic E-state index is 0.0568. The van der Waals surface area contributed by atoms with E-state index in [2.05, 4.69) is 15.0 Å². The lowest BCUT2D eigenvalue weighted by atomic mass is 9.82. The van der Waals surface area contributed by atoms with Crippen LogP contribution in [-0.2, 0) is 10.3 Å². The average molecular weight is 418 g/mol. The molecule has 0 spiro atoms. The first-order valence-corrected chi connectivity index (χ1v) is 8.77. The van der Waals surface area contributed by atoms with E-state index in [-0.39, 0.29) is 17.1 Å². The second kappa shape index (κ2) is 6.93. The molecule has 3 heterocycles. The number of hydrogen-bond acceptors (Lipinski definition) is 6. The molecular weight excluding hydrogens is 404 g/mol. The highest BCUT2D eigenvalue weighted by Gasteiger charge is 2.50. The van der Waals surface area contributed by atoms with Crippen LogP contribution in [0.3, 0.4) is 0 Å². The first-order chi connectivity index (χ1) is 13.8. The van der Waals surface area contributed by atoms with Crippen LogP contribution in [0.5, 0.6) is 0 Å². The molecule has 2 aromatic heterocycles. The number of rotatable bonds is 4. The number of likely N-dealkylation sites (N-methyl/N-ethyl adjacent to an activating group) is 1. The summed E-state index contributed by atoms with van der Waals surface area (Å²) < 4.78 is 31.9. The number of halogens is 3. The monoisotopic (exact) mass is 417 g/mol. The summed E-state index contributed by atoms with van der Waals surface area (Å²) in [5.74, 6) is -0.160. The summed E-state index contributed by atoms with van der Waals surface area (Å²) in [5, 5.41) is 0.294. The van der Waals surface area contributed by atoms with Crippen LogP contribution in [0.2, 0.25) is 5.02 Å². The number of nitrogens with zero attached hydrogens (tertiary/aromatic N) is 4. The van der Waals surface area contributed by atoms with Crippen molar-refractivity contribution < 1.29 is 18.0 Å². The number of aliphatic imine (C=N–C) groups is 1. The fourth-order valence-electron chi connectivity index (χ4n) is 3.26. The lowest BCUT2D eigenvalue weighted by molar-refractivity contribution is -0.129. The maximum Gasteiger partial charge on any atom is 0.266 e. The zero-order chi connectivity index (χ0) is 20.8. The Morgan fingerprint density at radius 1 is 1.14 bits per heavy atom. The van der Waals surface area contributed by atoms with E-state index in [1.165, 1.54) is 38.0 Å². The summed E-state index contributed by atoms with van der Waals surface area (Å²) in [7, 11) is 1.45. The first-order valence-electron chi connectivity index (χ1n) is 8.40. The van der Waals surface area contributed by atoms with Crippen molar-refractivity contribution in [3.8, 4) is 11.3 Å². The van der Waals surface area contributed by atoms with Gasteiger partial charge in [0.25, 0.3) is 12.3 Å². The Hall–Kier alpha value is -3.33. The van der Waals surface area contributed by atoms with E-state index in [9.17, 15) is 13.6 Å². The molecule has 0 saturated heterocycles. The number of benzene rings is 1. The second-order valence-corrected chi connectivity index (χ2v) is 6.88. The van der Waals surface area contributed by atoms with Gasteiger partial charge in [-0.15, -0.1) is 0 Å². The van der Waals surface area contributed by atoms with Crippen molar-refractivity contribution in [2.75, 3.05) is 7.05 Å². The number of alkyl halides is 2. The molecular formula is C19H14ClF2N5O2. The minimum Gasteiger partial charge on any atom is -0.444 e. The molecule has 29 heavy (non-hydrogen) atoms. The molecule has 1 atom stereocenters. The van der Waals surface area contributed by atoms with E-state index >= 15 is 0 Å². The Labute approximate surface area is 168 Å². The molecule has 0 fully saturated rings. The van der Waals surface area contributed by atoms with Crippen LogP contribution in [-0.4, -0.2) is 33.8 Å².